The number of hydrogen-bond acceptors (Lipinski definition) is 0. The summed E-state index contributed by atoms with van der Waals surface area (Å²) < 4.78 is 2.25. The molecule has 0 atom stereocenters. The number of nitrogens with zero attached hydrogens (tertiary/aromatic N) is 1. The summed E-state index contributed by atoms with van der Waals surface area (Å²) in [6, 6.07) is 23.6. The third-order valence-electron chi connectivity index (χ3n) is 4.07. The summed E-state index contributed by atoms with van der Waals surface area (Å²) in [5.74, 6) is 0. The third kappa shape index (κ3) is 4.75. The summed E-state index contributed by atoms with van der Waals surface area (Å²) >= 11 is -0.556. The van der Waals surface area contributed by atoms with Crippen molar-refractivity contribution in [1.82, 2.24) is 4.57 Å². The summed E-state index contributed by atoms with van der Waals surface area (Å²) in [7, 11) is 9.78. The molecule has 0 unspecified atom stereocenters. The number of para-hydroxylation sites is 1. The summed E-state index contributed by atoms with van der Waals surface area (Å²) in [6.07, 6.45) is 12.1. The van der Waals surface area contributed by atoms with E-state index >= 15 is 0 Å². The van der Waals surface area contributed by atoms with Crippen LogP contribution in [0.1, 0.15) is 6.42 Å². The van der Waals surface area contributed by atoms with Gasteiger partial charge in [-0.3, -0.25) is 6.08 Å². The Morgan fingerprint density at radius 2 is 1.69 bits per heavy atom. The monoisotopic (exact) mass is 413 g/mol. The fraction of sp³-hybridized carbons (Fsp3) is 0.0455. The molecule has 0 aliphatic heterocycles. The zero-order chi connectivity index (χ0) is 18.2. The predicted molar refractivity (Wildman–Crippen MR) is 110 cm³/mol. The van der Waals surface area contributed by atoms with E-state index in [0.717, 1.165) is 6.42 Å². The molecule has 1 nitrogen and oxygen atoms in total. The van der Waals surface area contributed by atoms with Gasteiger partial charge in [0.15, 0.2) is 0 Å². The molecule has 1 aromatic heterocycles. The first-order chi connectivity index (χ1) is 12.8. The zero-order valence-electron chi connectivity index (χ0n) is 14.1. The molecule has 0 spiro atoms. The van der Waals surface area contributed by atoms with Gasteiger partial charge in [0, 0.05) is 6.20 Å². The minimum absolute atomic E-state index is 0.556. The first-order valence-electron chi connectivity index (χ1n) is 8.23. The molecule has 26 heavy (non-hydrogen) atoms. The maximum Gasteiger partial charge on any atom is 0.0511 e. The molecule has 0 fully saturated rings. The van der Waals surface area contributed by atoms with E-state index in [-0.39, 0.29) is 0 Å². The maximum absolute atomic E-state index is 4.89. The van der Waals surface area contributed by atoms with Crippen LogP contribution in [0.15, 0.2) is 91.2 Å². The number of rotatable bonds is 1. The Balaban J connectivity index is 0.000000207. The van der Waals surface area contributed by atoms with Crippen LogP contribution in [0.2, 0.25) is 0 Å². The molecule has 0 N–H and O–H groups in total. The van der Waals surface area contributed by atoms with Crippen LogP contribution in [0.25, 0.3) is 27.4 Å². The minimum Gasteiger partial charge on any atom is -0.335 e. The topological polar surface area (TPSA) is 4.93 Å². The van der Waals surface area contributed by atoms with Crippen molar-refractivity contribution in [3.63, 3.8) is 0 Å². The van der Waals surface area contributed by atoms with E-state index in [1.807, 2.05) is 12.2 Å². The number of allylic oxidation sites excluding steroid dienone is 4. The largest absolute Gasteiger partial charge is 0.335 e. The molecule has 3 aromatic carbocycles. The fourth-order valence-electron chi connectivity index (χ4n) is 2.92. The van der Waals surface area contributed by atoms with Crippen molar-refractivity contribution in [2.45, 2.75) is 6.42 Å². The van der Waals surface area contributed by atoms with Gasteiger partial charge in [-0.1, -0.05) is 24.3 Å². The van der Waals surface area contributed by atoms with Crippen LogP contribution in [-0.4, -0.2) is 4.57 Å². The van der Waals surface area contributed by atoms with Crippen LogP contribution in [0.5, 0.6) is 0 Å². The van der Waals surface area contributed by atoms with Crippen molar-refractivity contribution in [3.05, 3.63) is 97.2 Å². The maximum atomic E-state index is 4.89. The molecule has 130 valence electrons. The van der Waals surface area contributed by atoms with Crippen LogP contribution < -0.4 is 0 Å². The molecule has 1 aliphatic carbocycles. The summed E-state index contributed by atoms with van der Waals surface area (Å²) in [6.45, 7) is 0. The predicted octanol–water partition coefficient (Wildman–Crippen LogP) is 7.18. The van der Waals surface area contributed by atoms with E-state index in [1.165, 1.54) is 27.4 Å². The minimum atomic E-state index is -0.556. The molecule has 4 aromatic rings. The van der Waals surface area contributed by atoms with E-state index in [9.17, 15) is 0 Å². The molecule has 0 saturated carbocycles. The number of halogens is 2. The van der Waals surface area contributed by atoms with Crippen molar-refractivity contribution >= 4 is 40.3 Å². The summed E-state index contributed by atoms with van der Waals surface area (Å²) in [5.41, 5.74) is 2.49. The van der Waals surface area contributed by atoms with Gasteiger partial charge in [-0.15, -0.1) is 47.5 Å². The van der Waals surface area contributed by atoms with E-state index < -0.39 is 17.0 Å². The van der Waals surface area contributed by atoms with Crippen LogP contribution in [-0.2, 0) is 17.0 Å². The standard InChI is InChI=1S/C17H12N.C5H5.2ClH.Ti/c1-2-7-15-12-16(11-14(15)6-1)18-10-9-13-5-3-4-8-17(13)18;1-2-4-5-3-1;;;/h1-12H;1-3H,4H2;2*1H;/q2*-1;;;+2/p-2. The van der Waals surface area contributed by atoms with Gasteiger partial charge in [-0.05, 0) is 23.2 Å². The Labute approximate surface area is 170 Å². The number of hydrogen-bond donors (Lipinski definition) is 0. The van der Waals surface area contributed by atoms with Gasteiger partial charge in [-0.2, -0.15) is 6.08 Å². The second-order valence-corrected chi connectivity index (χ2v) is 8.24. The molecule has 0 bridgehead atoms. The van der Waals surface area contributed by atoms with Gasteiger partial charge < -0.3 is 4.57 Å². The van der Waals surface area contributed by atoms with Crippen LogP contribution >= 0.6 is 18.6 Å². The first kappa shape index (κ1) is 19.1. The summed E-state index contributed by atoms with van der Waals surface area (Å²) in [5, 5.41) is 3.87. The van der Waals surface area contributed by atoms with E-state index in [2.05, 4.69) is 89.6 Å². The molecule has 0 amide bonds. The Hall–Kier alpha value is -1.64. The SMILES string of the molecule is [C-]1=CC=CC1.[Cl][Ti][Cl].c1ccc2[cH-]c(-n3ccc4ccccc43)cc2c1. The summed E-state index contributed by atoms with van der Waals surface area (Å²) in [4.78, 5) is 0. The van der Waals surface area contributed by atoms with Gasteiger partial charge in [0.2, 0.25) is 0 Å². The molecule has 1 heterocycles. The Morgan fingerprint density at radius 1 is 0.962 bits per heavy atom. The number of fused-ring (bicyclic) bond motifs is 2. The zero-order valence-corrected chi connectivity index (χ0v) is 17.1. The van der Waals surface area contributed by atoms with Crippen molar-refractivity contribution in [3.8, 4) is 5.69 Å². The van der Waals surface area contributed by atoms with Crippen LogP contribution in [0.3, 0.4) is 0 Å². The van der Waals surface area contributed by atoms with Gasteiger partial charge in [0.25, 0.3) is 0 Å². The number of aromatic nitrogens is 1. The van der Waals surface area contributed by atoms with Crippen molar-refractivity contribution < 1.29 is 17.0 Å². The molecule has 0 radical (unpaired) electrons. The average Bonchev–Trinajstić information content (AvgIpc) is 3.42. The smallest absolute Gasteiger partial charge is 0.0511 e. The van der Waals surface area contributed by atoms with Crippen LogP contribution in [0, 0.1) is 6.08 Å². The van der Waals surface area contributed by atoms with E-state index in [4.69, 9.17) is 18.6 Å². The van der Waals surface area contributed by atoms with Gasteiger partial charge in [0.05, 0.1) is 5.52 Å². The molecular formula is C22H17Cl2NTi-2. The van der Waals surface area contributed by atoms with E-state index in [0.29, 0.717) is 0 Å². The number of benzene rings is 2. The normalized spacial score (nSPS) is 11.8. The molecular weight excluding hydrogens is 397 g/mol. The fourth-order valence-corrected chi connectivity index (χ4v) is 2.92. The Morgan fingerprint density at radius 3 is 2.35 bits per heavy atom. The molecule has 5 rings (SSSR count). The van der Waals surface area contributed by atoms with Crippen LogP contribution in [0.4, 0.5) is 0 Å². The van der Waals surface area contributed by atoms with E-state index in [1.54, 1.807) is 0 Å². The quantitative estimate of drug-likeness (QED) is 0.230. The van der Waals surface area contributed by atoms with Crippen molar-refractivity contribution in [2.75, 3.05) is 0 Å². The Bertz CT molecular complexity index is 984. The van der Waals surface area contributed by atoms with Gasteiger partial charge in [-0.25, -0.2) is 12.2 Å². The first-order valence-corrected chi connectivity index (χ1v) is 12.5. The second-order valence-electron chi connectivity index (χ2n) is 5.66. The Kier molecular flexibility index (Phi) is 7.28. The van der Waals surface area contributed by atoms with Crippen molar-refractivity contribution in [1.29, 1.82) is 0 Å². The average molecular weight is 414 g/mol. The van der Waals surface area contributed by atoms with Crippen molar-refractivity contribution in [2.24, 2.45) is 0 Å². The van der Waals surface area contributed by atoms with Gasteiger partial charge in [0.1, 0.15) is 0 Å². The molecule has 1 aliphatic rings. The molecule has 0 saturated heterocycles. The second kappa shape index (κ2) is 9.90. The van der Waals surface area contributed by atoms with Gasteiger partial charge >= 0.3 is 35.6 Å². The molecule has 4 heteroatoms. The third-order valence-corrected chi connectivity index (χ3v) is 4.07.